The molecule has 8 nitrogen and oxygen atoms in total. The average molecular weight is 498 g/mol. The maximum absolute atomic E-state index is 13.8. The molecule has 0 aromatic heterocycles. The molecule has 0 radical (unpaired) electrons. The van der Waals surface area contributed by atoms with Crippen molar-refractivity contribution in [2.75, 3.05) is 19.8 Å². The number of nitrogens with zero attached hydrogens (tertiary/aromatic N) is 1. The molecule has 12 heteroatoms. The number of halogens is 4. The highest BCUT2D eigenvalue weighted by molar-refractivity contribution is 9.10. The van der Waals surface area contributed by atoms with Crippen molar-refractivity contribution in [2.45, 2.75) is 32.5 Å². The third-order valence-corrected chi connectivity index (χ3v) is 4.57. The molecule has 1 unspecified atom stereocenters. The Morgan fingerprint density at radius 2 is 1.93 bits per heavy atom. The van der Waals surface area contributed by atoms with Crippen LogP contribution in [0.4, 0.5) is 18.0 Å². The number of ether oxygens (including phenoxy) is 3. The molecule has 0 N–H and O–H groups in total. The fraction of sp³-hybridized carbons (Fsp3) is 0.500. The second kappa shape index (κ2) is 8.70. The summed E-state index contributed by atoms with van der Waals surface area (Å²) in [6.07, 6.45) is -4.23. The van der Waals surface area contributed by atoms with Crippen molar-refractivity contribution in [1.29, 1.82) is 0 Å². The summed E-state index contributed by atoms with van der Waals surface area (Å²) < 4.78 is 56.8. The molecule has 1 aliphatic rings. The highest BCUT2D eigenvalue weighted by Gasteiger charge is 2.58. The van der Waals surface area contributed by atoms with Crippen molar-refractivity contribution in [3.8, 4) is 5.75 Å². The molecule has 0 saturated carbocycles. The van der Waals surface area contributed by atoms with Gasteiger partial charge < -0.3 is 19.0 Å². The molecule has 1 atom stereocenters. The van der Waals surface area contributed by atoms with Gasteiger partial charge in [-0.25, -0.2) is 4.79 Å². The van der Waals surface area contributed by atoms with Crippen LogP contribution in [0.15, 0.2) is 22.7 Å². The summed E-state index contributed by atoms with van der Waals surface area (Å²) in [4.78, 5) is 26.3. The lowest BCUT2D eigenvalue weighted by Crippen LogP contribution is -2.54. The van der Waals surface area contributed by atoms with E-state index in [1.54, 1.807) is 19.1 Å². The van der Waals surface area contributed by atoms with Crippen LogP contribution < -0.4 is 4.74 Å². The number of rotatable bonds is 7. The van der Waals surface area contributed by atoms with Crippen LogP contribution in [0.2, 0.25) is 0 Å². The lowest BCUT2D eigenvalue weighted by atomic mass is 9.96. The number of fused-ring (bicyclic) bond motifs is 1. The van der Waals surface area contributed by atoms with Gasteiger partial charge in [0.2, 0.25) is 0 Å². The molecular weight excluding hydrogens is 479 g/mol. The van der Waals surface area contributed by atoms with Crippen LogP contribution in [-0.4, -0.2) is 42.8 Å². The lowest BCUT2D eigenvalue weighted by molar-refractivity contribution is -0.760. The van der Waals surface area contributed by atoms with Crippen LogP contribution >= 0.6 is 15.9 Å². The molecule has 2 rings (SSSR count). The van der Waals surface area contributed by atoms with E-state index in [2.05, 4.69) is 25.5 Å². The van der Waals surface area contributed by atoms with E-state index in [1.807, 2.05) is 0 Å². The second-order valence-electron chi connectivity index (χ2n) is 7.45. The zero-order valence-electron chi connectivity index (χ0n) is 16.2. The first-order valence-electron chi connectivity index (χ1n) is 8.57. The number of aryl methyl sites for hydroxylation is 1. The van der Waals surface area contributed by atoms with Crippen molar-refractivity contribution >= 4 is 28.2 Å². The standard InChI is InChI=1S/C18H19BrF3NO7/c1-11-6-13(19)7-12-4-5-17(18(20,21)22,30-14(11)12)10-28-15(24)27-8-16(2,3)9-29-23(25)26/h4-7H,8-10H2,1-3H3. The first-order chi connectivity index (χ1) is 13.7. The zero-order chi connectivity index (χ0) is 22.7. The van der Waals surface area contributed by atoms with Crippen LogP contribution in [0.5, 0.6) is 5.75 Å². The van der Waals surface area contributed by atoms with Crippen LogP contribution in [0.25, 0.3) is 6.08 Å². The first kappa shape index (κ1) is 23.8. The van der Waals surface area contributed by atoms with Gasteiger partial charge in [0.05, 0.1) is 0 Å². The van der Waals surface area contributed by atoms with Gasteiger partial charge in [0, 0.05) is 15.5 Å². The van der Waals surface area contributed by atoms with Crippen molar-refractivity contribution in [2.24, 2.45) is 5.41 Å². The van der Waals surface area contributed by atoms with E-state index in [0.29, 0.717) is 15.6 Å². The van der Waals surface area contributed by atoms with Crippen molar-refractivity contribution in [3.05, 3.63) is 43.9 Å². The minimum Gasteiger partial charge on any atom is -0.469 e. The number of carbonyl (C=O) groups is 1. The second-order valence-corrected chi connectivity index (χ2v) is 8.37. The molecule has 0 fully saturated rings. The van der Waals surface area contributed by atoms with E-state index >= 15 is 0 Å². The van der Waals surface area contributed by atoms with Gasteiger partial charge in [0.1, 0.15) is 25.6 Å². The van der Waals surface area contributed by atoms with Gasteiger partial charge in [0.25, 0.3) is 10.7 Å². The Kier molecular flexibility index (Phi) is 6.90. The molecule has 30 heavy (non-hydrogen) atoms. The molecule has 1 aliphatic heterocycles. The summed E-state index contributed by atoms with van der Waals surface area (Å²) in [5, 5.41) is 9.24. The third-order valence-electron chi connectivity index (χ3n) is 4.11. The van der Waals surface area contributed by atoms with Crippen molar-refractivity contribution in [1.82, 2.24) is 0 Å². The van der Waals surface area contributed by atoms with Gasteiger partial charge >= 0.3 is 12.3 Å². The van der Waals surface area contributed by atoms with E-state index in [9.17, 15) is 28.1 Å². The van der Waals surface area contributed by atoms with Gasteiger partial charge in [-0.2, -0.15) is 13.2 Å². The van der Waals surface area contributed by atoms with Crippen LogP contribution in [0.1, 0.15) is 25.0 Å². The van der Waals surface area contributed by atoms with Crippen molar-refractivity contribution < 1.29 is 42.1 Å². The van der Waals surface area contributed by atoms with E-state index in [4.69, 9.17) is 9.47 Å². The van der Waals surface area contributed by atoms with E-state index < -0.39 is 35.0 Å². The summed E-state index contributed by atoms with van der Waals surface area (Å²) in [7, 11) is 0. The molecule has 1 heterocycles. The number of hydrogen-bond donors (Lipinski definition) is 0. The summed E-state index contributed by atoms with van der Waals surface area (Å²) in [6, 6.07) is 3.20. The fourth-order valence-corrected chi connectivity index (χ4v) is 3.09. The smallest absolute Gasteiger partial charge is 0.469 e. The fourth-order valence-electron chi connectivity index (χ4n) is 2.50. The summed E-state index contributed by atoms with van der Waals surface area (Å²) in [5.74, 6) is 0.0213. The highest BCUT2D eigenvalue weighted by atomic mass is 79.9. The van der Waals surface area contributed by atoms with E-state index in [-0.39, 0.29) is 19.0 Å². The first-order valence-corrected chi connectivity index (χ1v) is 9.36. The Hall–Kier alpha value is -2.50. The van der Waals surface area contributed by atoms with Gasteiger partial charge in [-0.3, -0.25) is 0 Å². The maximum Gasteiger partial charge on any atom is 0.508 e. The van der Waals surface area contributed by atoms with Crippen LogP contribution in [0, 0.1) is 22.5 Å². The van der Waals surface area contributed by atoms with Gasteiger partial charge in [-0.1, -0.05) is 35.9 Å². The predicted molar refractivity (Wildman–Crippen MR) is 101 cm³/mol. The van der Waals surface area contributed by atoms with Crippen LogP contribution in [-0.2, 0) is 14.3 Å². The molecule has 0 aliphatic carbocycles. The minimum atomic E-state index is -4.89. The Morgan fingerprint density at radius 3 is 2.53 bits per heavy atom. The monoisotopic (exact) mass is 497 g/mol. The van der Waals surface area contributed by atoms with Gasteiger partial charge in [-0.15, -0.1) is 10.1 Å². The Bertz CT molecular complexity index is 857. The summed E-state index contributed by atoms with van der Waals surface area (Å²) in [6.45, 7) is 2.68. The van der Waals surface area contributed by atoms with E-state index in [0.717, 1.165) is 6.08 Å². The summed E-state index contributed by atoms with van der Waals surface area (Å²) >= 11 is 3.27. The Balaban J connectivity index is 2.07. The molecular formula is C18H19BrF3NO7. The van der Waals surface area contributed by atoms with E-state index in [1.165, 1.54) is 19.9 Å². The van der Waals surface area contributed by atoms with Gasteiger partial charge in [-0.05, 0) is 30.7 Å². The Morgan fingerprint density at radius 1 is 1.27 bits per heavy atom. The number of hydrogen-bond acceptors (Lipinski definition) is 7. The molecule has 0 saturated heterocycles. The number of alkyl halides is 3. The minimum absolute atomic E-state index is 0.0213. The molecule has 166 valence electrons. The topological polar surface area (TPSA) is 97.1 Å². The number of benzene rings is 1. The van der Waals surface area contributed by atoms with Gasteiger partial charge in [0.15, 0.2) is 0 Å². The highest BCUT2D eigenvalue weighted by Crippen LogP contribution is 2.43. The SMILES string of the molecule is Cc1cc(Br)cc2c1OC(COC(=O)OCC(C)(C)CO[N+](=O)[O-])(C(F)(F)F)C=C2. The molecule has 0 spiro atoms. The largest absolute Gasteiger partial charge is 0.508 e. The predicted octanol–water partition coefficient (Wildman–Crippen LogP) is 4.85. The molecule has 1 aromatic rings. The maximum atomic E-state index is 13.8. The Labute approximate surface area is 178 Å². The molecule has 0 amide bonds. The molecule has 1 aromatic carbocycles. The zero-order valence-corrected chi connectivity index (χ0v) is 17.8. The van der Waals surface area contributed by atoms with Crippen LogP contribution in [0.3, 0.4) is 0 Å². The lowest BCUT2D eigenvalue weighted by Gasteiger charge is -2.36. The van der Waals surface area contributed by atoms with Crippen molar-refractivity contribution in [3.63, 3.8) is 0 Å². The molecule has 0 bridgehead atoms. The quantitative estimate of drug-likeness (QED) is 0.301. The summed E-state index contributed by atoms with van der Waals surface area (Å²) in [5.41, 5.74) is -2.94. The normalized spacial score (nSPS) is 18.2. The third kappa shape index (κ3) is 5.77. The number of carbonyl (C=O) groups excluding carboxylic acids is 1. The average Bonchev–Trinajstić information content (AvgIpc) is 2.62.